The van der Waals surface area contributed by atoms with Gasteiger partial charge in [0.15, 0.2) is 0 Å². The predicted octanol–water partition coefficient (Wildman–Crippen LogP) is 12.4. The average molecular weight is 628 g/mol. The zero-order valence-corrected chi connectivity index (χ0v) is 26.5. The van der Waals surface area contributed by atoms with Crippen LogP contribution in [0, 0.1) is 0 Å². The minimum Gasteiger partial charge on any atom is -0.456 e. The molecule has 4 heteroatoms. The van der Waals surface area contributed by atoms with Crippen LogP contribution >= 0.6 is 0 Å². The summed E-state index contributed by atoms with van der Waals surface area (Å²) in [5.74, 6) is 0. The third-order valence-electron chi connectivity index (χ3n) is 9.60. The molecule has 7 aromatic carbocycles. The maximum atomic E-state index is 6.52. The van der Waals surface area contributed by atoms with E-state index in [9.17, 15) is 0 Å². The first-order valence-corrected chi connectivity index (χ1v) is 16.5. The lowest BCUT2D eigenvalue weighted by atomic mass is 10.0. The van der Waals surface area contributed by atoms with Gasteiger partial charge in [-0.1, -0.05) is 91.0 Å². The van der Waals surface area contributed by atoms with Gasteiger partial charge in [0.25, 0.3) is 0 Å². The second-order valence-electron chi connectivity index (χ2n) is 12.4. The van der Waals surface area contributed by atoms with E-state index in [-0.39, 0.29) is 0 Å². The molecule has 0 aliphatic heterocycles. The summed E-state index contributed by atoms with van der Waals surface area (Å²) in [4.78, 5) is 7.04. The van der Waals surface area contributed by atoms with Gasteiger partial charge in [0, 0.05) is 44.8 Å². The van der Waals surface area contributed by atoms with Crippen molar-refractivity contribution in [2.45, 2.75) is 0 Å². The summed E-state index contributed by atoms with van der Waals surface area (Å²) in [6, 6.07) is 60.1. The normalized spacial score (nSPS) is 11.7. The van der Waals surface area contributed by atoms with Crippen molar-refractivity contribution in [2.24, 2.45) is 0 Å². The first kappa shape index (κ1) is 27.5. The fraction of sp³-hybridized carbons (Fsp3) is 0. The summed E-state index contributed by atoms with van der Waals surface area (Å²) in [6.45, 7) is 0. The van der Waals surface area contributed by atoms with E-state index in [2.05, 4.69) is 178 Å². The molecule has 0 spiro atoms. The van der Waals surface area contributed by atoms with Gasteiger partial charge in [-0.05, 0) is 90.0 Å². The Morgan fingerprint density at radius 3 is 2.08 bits per heavy atom. The van der Waals surface area contributed by atoms with Crippen molar-refractivity contribution in [3.63, 3.8) is 0 Å². The lowest BCUT2D eigenvalue weighted by Gasteiger charge is -2.26. The second-order valence-corrected chi connectivity index (χ2v) is 12.4. The molecule has 0 N–H and O–H groups in total. The van der Waals surface area contributed by atoms with Crippen molar-refractivity contribution in [3.05, 3.63) is 176 Å². The Hall–Kier alpha value is -6.65. The Bertz CT molecular complexity index is 2820. The average Bonchev–Trinajstić information content (AvgIpc) is 3.70. The molecular weight excluding hydrogens is 599 g/mol. The number of benzene rings is 7. The minimum atomic E-state index is 0.843. The molecule has 0 amide bonds. The van der Waals surface area contributed by atoms with E-state index < -0.39 is 0 Å². The zero-order chi connectivity index (χ0) is 32.3. The third kappa shape index (κ3) is 4.42. The van der Waals surface area contributed by atoms with E-state index >= 15 is 0 Å². The molecule has 10 rings (SSSR count). The van der Waals surface area contributed by atoms with Crippen LogP contribution in [0.3, 0.4) is 0 Å². The molecule has 4 nitrogen and oxygen atoms in total. The Kier molecular flexibility index (Phi) is 6.15. The summed E-state index contributed by atoms with van der Waals surface area (Å²) >= 11 is 0. The van der Waals surface area contributed by atoms with E-state index in [1.165, 1.54) is 32.9 Å². The number of furan rings is 1. The molecule has 3 heterocycles. The van der Waals surface area contributed by atoms with Crippen molar-refractivity contribution in [3.8, 4) is 16.8 Å². The summed E-state index contributed by atoms with van der Waals surface area (Å²) in [5, 5.41) is 5.58. The highest BCUT2D eigenvalue weighted by molar-refractivity contribution is 6.17. The number of para-hydroxylation sites is 2. The lowest BCUT2D eigenvalue weighted by molar-refractivity contribution is 0.669. The van der Waals surface area contributed by atoms with E-state index in [4.69, 9.17) is 4.42 Å². The molecule has 0 unspecified atom stereocenters. The van der Waals surface area contributed by atoms with Crippen LogP contribution in [0.2, 0.25) is 0 Å². The van der Waals surface area contributed by atoms with Crippen LogP contribution < -0.4 is 4.90 Å². The van der Waals surface area contributed by atoms with Gasteiger partial charge in [0.05, 0.1) is 27.6 Å². The van der Waals surface area contributed by atoms with Crippen molar-refractivity contribution >= 4 is 71.7 Å². The summed E-state index contributed by atoms with van der Waals surface area (Å²) in [5.41, 5.74) is 11.7. The monoisotopic (exact) mass is 627 g/mol. The van der Waals surface area contributed by atoms with Crippen LogP contribution in [0.15, 0.2) is 180 Å². The van der Waals surface area contributed by atoms with Crippen LogP contribution in [-0.2, 0) is 0 Å². The van der Waals surface area contributed by atoms with Crippen LogP contribution in [0.1, 0.15) is 0 Å². The number of rotatable bonds is 5. The van der Waals surface area contributed by atoms with E-state index in [1.54, 1.807) is 0 Å². The standard InChI is InChI=1S/C45H29N3O/c1-3-11-30(12-4-1)31-20-22-34(23-21-31)47(42-18-9-19-43-45(42)38-29-39-32(13-10-26-46-39)27-44(38)49-43)35-24-25-41-37(28-35)36-16-7-8-17-40(36)48(41)33-14-5-2-6-15-33/h1-29H. The SMILES string of the molecule is c1ccc(-c2ccc(N(c3ccc4c(c3)c3ccccc3n4-c3ccccc3)c3cccc4oc5cc6cccnc6cc5c34)cc2)cc1. The first-order valence-electron chi connectivity index (χ1n) is 16.5. The van der Waals surface area contributed by atoms with E-state index in [1.807, 2.05) is 12.3 Å². The van der Waals surface area contributed by atoms with E-state index in [0.717, 1.165) is 55.6 Å². The van der Waals surface area contributed by atoms with Gasteiger partial charge in [-0.25, -0.2) is 0 Å². The molecule has 3 aromatic heterocycles. The molecule has 0 radical (unpaired) electrons. The number of aromatic nitrogens is 2. The maximum absolute atomic E-state index is 6.52. The molecule has 49 heavy (non-hydrogen) atoms. The zero-order valence-electron chi connectivity index (χ0n) is 26.5. The number of nitrogens with zero attached hydrogens (tertiary/aromatic N) is 3. The van der Waals surface area contributed by atoms with Gasteiger partial charge in [-0.2, -0.15) is 0 Å². The minimum absolute atomic E-state index is 0.843. The fourth-order valence-electron chi connectivity index (χ4n) is 7.38. The molecular formula is C45H29N3O. The van der Waals surface area contributed by atoms with Crippen LogP contribution in [0.25, 0.3) is 71.5 Å². The van der Waals surface area contributed by atoms with E-state index in [0.29, 0.717) is 0 Å². The second kappa shape index (κ2) is 11.0. The quantitative estimate of drug-likeness (QED) is 0.190. The summed E-state index contributed by atoms with van der Waals surface area (Å²) < 4.78 is 8.88. The number of hydrogen-bond donors (Lipinski definition) is 0. The molecule has 0 fully saturated rings. The van der Waals surface area contributed by atoms with Crippen molar-refractivity contribution in [1.29, 1.82) is 0 Å². The lowest BCUT2D eigenvalue weighted by Crippen LogP contribution is -2.10. The highest BCUT2D eigenvalue weighted by atomic mass is 16.3. The maximum Gasteiger partial charge on any atom is 0.137 e. The number of fused-ring (bicyclic) bond motifs is 7. The number of hydrogen-bond acceptors (Lipinski definition) is 3. The highest BCUT2D eigenvalue weighted by Crippen LogP contribution is 2.45. The van der Waals surface area contributed by atoms with Gasteiger partial charge in [-0.15, -0.1) is 0 Å². The smallest absolute Gasteiger partial charge is 0.137 e. The third-order valence-corrected chi connectivity index (χ3v) is 9.60. The Morgan fingerprint density at radius 2 is 1.22 bits per heavy atom. The fourth-order valence-corrected chi connectivity index (χ4v) is 7.38. The van der Waals surface area contributed by atoms with Crippen LogP contribution in [-0.4, -0.2) is 9.55 Å². The summed E-state index contributed by atoms with van der Waals surface area (Å²) in [7, 11) is 0. The number of pyridine rings is 1. The first-order chi connectivity index (χ1) is 24.3. The van der Waals surface area contributed by atoms with Crippen LogP contribution in [0.5, 0.6) is 0 Å². The van der Waals surface area contributed by atoms with Gasteiger partial charge in [0.1, 0.15) is 11.2 Å². The Balaban J connectivity index is 1.24. The van der Waals surface area contributed by atoms with Gasteiger partial charge >= 0.3 is 0 Å². The number of anilines is 3. The molecule has 0 bridgehead atoms. The van der Waals surface area contributed by atoms with Gasteiger partial charge in [0.2, 0.25) is 0 Å². The molecule has 10 aromatic rings. The van der Waals surface area contributed by atoms with Gasteiger partial charge in [-0.3, -0.25) is 4.98 Å². The molecule has 0 aliphatic carbocycles. The molecule has 0 saturated carbocycles. The molecule has 0 aliphatic rings. The molecule has 0 atom stereocenters. The summed E-state index contributed by atoms with van der Waals surface area (Å²) in [6.07, 6.45) is 1.85. The van der Waals surface area contributed by atoms with Gasteiger partial charge < -0.3 is 13.9 Å². The Labute approximate surface area is 282 Å². The Morgan fingerprint density at radius 1 is 0.490 bits per heavy atom. The largest absolute Gasteiger partial charge is 0.456 e. The van der Waals surface area contributed by atoms with Crippen LogP contribution in [0.4, 0.5) is 17.1 Å². The van der Waals surface area contributed by atoms with Crippen molar-refractivity contribution in [1.82, 2.24) is 9.55 Å². The van der Waals surface area contributed by atoms with Crippen molar-refractivity contribution < 1.29 is 4.42 Å². The molecule has 0 saturated heterocycles. The van der Waals surface area contributed by atoms with Crippen molar-refractivity contribution in [2.75, 3.05) is 4.90 Å². The predicted molar refractivity (Wildman–Crippen MR) is 203 cm³/mol. The molecule has 230 valence electrons. The topological polar surface area (TPSA) is 34.2 Å². The highest BCUT2D eigenvalue weighted by Gasteiger charge is 2.22.